The Bertz CT molecular complexity index is 549. The van der Waals surface area contributed by atoms with Crippen LogP contribution in [-0.4, -0.2) is 7.05 Å². The maximum atomic E-state index is 6.23. The molecule has 0 saturated carbocycles. The maximum Gasteiger partial charge on any atom is 0.0561 e. The lowest BCUT2D eigenvalue weighted by molar-refractivity contribution is 0.457. The number of benzene rings is 1. The van der Waals surface area contributed by atoms with Gasteiger partial charge in [-0.25, -0.2) is 0 Å². The van der Waals surface area contributed by atoms with Gasteiger partial charge in [0.1, 0.15) is 0 Å². The van der Waals surface area contributed by atoms with Crippen LogP contribution < -0.4 is 5.32 Å². The molecule has 1 heterocycles. The first kappa shape index (κ1) is 12.2. The van der Waals surface area contributed by atoms with Gasteiger partial charge in [-0.15, -0.1) is 11.3 Å². The minimum atomic E-state index is 0.371. The topological polar surface area (TPSA) is 12.0 Å². The van der Waals surface area contributed by atoms with Crippen molar-refractivity contribution in [2.24, 2.45) is 0 Å². The summed E-state index contributed by atoms with van der Waals surface area (Å²) in [7, 11) is 2.02. The normalized spacial score (nSPS) is 19.1. The second-order valence-electron chi connectivity index (χ2n) is 4.81. The molecular formula is C15H16ClNS. The van der Waals surface area contributed by atoms with Gasteiger partial charge >= 0.3 is 0 Å². The Morgan fingerprint density at radius 1 is 1.39 bits per heavy atom. The van der Waals surface area contributed by atoms with Crippen molar-refractivity contribution in [1.82, 2.24) is 5.32 Å². The Balaban J connectivity index is 1.76. The number of rotatable bonds is 4. The lowest BCUT2D eigenvalue weighted by Gasteiger charge is -2.32. The second kappa shape index (κ2) is 5.04. The molecule has 18 heavy (non-hydrogen) atoms. The van der Waals surface area contributed by atoms with E-state index >= 15 is 0 Å². The standard InChI is InChI=1S/C15H16ClNS/c1-17-14(15-13(16)6-7-18-15)9-11-8-10-4-2-3-5-12(10)11/h2-7,11,14,17H,8-9H2,1H3. The smallest absolute Gasteiger partial charge is 0.0561 e. The highest BCUT2D eigenvalue weighted by atomic mass is 35.5. The highest BCUT2D eigenvalue weighted by molar-refractivity contribution is 7.10. The van der Waals surface area contributed by atoms with Crippen molar-refractivity contribution < 1.29 is 0 Å². The molecule has 0 spiro atoms. The number of nitrogens with one attached hydrogen (secondary N) is 1. The highest BCUT2D eigenvalue weighted by Crippen LogP contribution is 2.42. The van der Waals surface area contributed by atoms with Crippen molar-refractivity contribution in [1.29, 1.82) is 0 Å². The molecule has 0 amide bonds. The molecule has 94 valence electrons. The molecule has 1 aliphatic rings. The van der Waals surface area contributed by atoms with Crippen LogP contribution in [0.15, 0.2) is 35.7 Å². The van der Waals surface area contributed by atoms with E-state index in [1.165, 1.54) is 22.4 Å². The van der Waals surface area contributed by atoms with Gasteiger partial charge in [-0.05, 0) is 48.4 Å². The van der Waals surface area contributed by atoms with Crippen LogP contribution in [0.1, 0.15) is 34.4 Å². The molecule has 3 heteroatoms. The molecular weight excluding hydrogens is 262 g/mol. The molecule has 1 aromatic heterocycles. The van der Waals surface area contributed by atoms with Crippen LogP contribution >= 0.6 is 22.9 Å². The molecule has 0 radical (unpaired) electrons. The van der Waals surface area contributed by atoms with Crippen LogP contribution in [0.4, 0.5) is 0 Å². The summed E-state index contributed by atoms with van der Waals surface area (Å²) >= 11 is 7.97. The maximum absolute atomic E-state index is 6.23. The Labute approximate surface area is 117 Å². The molecule has 3 rings (SSSR count). The van der Waals surface area contributed by atoms with Gasteiger partial charge < -0.3 is 5.32 Å². The Kier molecular flexibility index (Phi) is 3.42. The third kappa shape index (κ3) is 2.09. The summed E-state index contributed by atoms with van der Waals surface area (Å²) in [6, 6.07) is 11.1. The second-order valence-corrected chi connectivity index (χ2v) is 6.16. The fraction of sp³-hybridized carbons (Fsp3) is 0.333. The first-order chi connectivity index (χ1) is 8.79. The van der Waals surface area contributed by atoms with Gasteiger partial charge in [-0.3, -0.25) is 0 Å². The molecule has 2 unspecified atom stereocenters. The molecule has 1 nitrogen and oxygen atoms in total. The summed E-state index contributed by atoms with van der Waals surface area (Å²) in [5.41, 5.74) is 3.03. The van der Waals surface area contributed by atoms with Crippen molar-refractivity contribution in [2.75, 3.05) is 7.05 Å². The van der Waals surface area contributed by atoms with E-state index in [0.717, 1.165) is 11.4 Å². The number of thiophene rings is 1. The van der Waals surface area contributed by atoms with E-state index in [2.05, 4.69) is 35.0 Å². The third-order valence-corrected chi connectivity index (χ3v) is 5.26. The largest absolute Gasteiger partial charge is 0.312 e. The van der Waals surface area contributed by atoms with Gasteiger partial charge in [-0.2, -0.15) is 0 Å². The van der Waals surface area contributed by atoms with Crippen molar-refractivity contribution >= 4 is 22.9 Å². The minimum Gasteiger partial charge on any atom is -0.312 e. The van der Waals surface area contributed by atoms with Gasteiger partial charge in [0.25, 0.3) is 0 Å². The zero-order valence-electron chi connectivity index (χ0n) is 10.3. The third-order valence-electron chi connectivity index (χ3n) is 3.79. The molecule has 0 bridgehead atoms. The van der Waals surface area contributed by atoms with Gasteiger partial charge in [0.05, 0.1) is 5.02 Å². The zero-order valence-corrected chi connectivity index (χ0v) is 11.9. The zero-order chi connectivity index (χ0) is 12.5. The molecule has 0 fully saturated rings. The van der Waals surface area contributed by atoms with E-state index in [-0.39, 0.29) is 0 Å². The van der Waals surface area contributed by atoms with E-state index in [1.807, 2.05) is 13.1 Å². The van der Waals surface area contributed by atoms with Gasteiger partial charge in [0.15, 0.2) is 0 Å². The molecule has 0 saturated heterocycles. The summed E-state index contributed by atoms with van der Waals surface area (Å²) in [5, 5.41) is 6.36. The molecule has 2 atom stereocenters. The van der Waals surface area contributed by atoms with Crippen molar-refractivity contribution in [2.45, 2.75) is 24.8 Å². The van der Waals surface area contributed by atoms with E-state index in [9.17, 15) is 0 Å². The van der Waals surface area contributed by atoms with Gasteiger partial charge in [-0.1, -0.05) is 35.9 Å². The minimum absolute atomic E-state index is 0.371. The monoisotopic (exact) mass is 277 g/mol. The number of hydrogen-bond donors (Lipinski definition) is 1. The first-order valence-electron chi connectivity index (χ1n) is 6.27. The lowest BCUT2D eigenvalue weighted by Crippen LogP contribution is -2.24. The molecule has 0 aliphatic heterocycles. The summed E-state index contributed by atoms with van der Waals surface area (Å²) in [6.07, 6.45) is 2.34. The average molecular weight is 278 g/mol. The predicted octanol–water partition coefficient (Wildman–Crippen LogP) is 4.39. The highest BCUT2D eigenvalue weighted by Gasteiger charge is 2.29. The van der Waals surface area contributed by atoms with Crippen LogP contribution in [0, 0.1) is 0 Å². The van der Waals surface area contributed by atoms with Crippen molar-refractivity contribution in [3.8, 4) is 0 Å². The number of hydrogen-bond acceptors (Lipinski definition) is 2. The van der Waals surface area contributed by atoms with Crippen LogP contribution in [0.25, 0.3) is 0 Å². The van der Waals surface area contributed by atoms with E-state index in [4.69, 9.17) is 11.6 Å². The molecule has 1 aromatic carbocycles. The number of halogens is 1. The quantitative estimate of drug-likeness (QED) is 0.874. The van der Waals surface area contributed by atoms with E-state index < -0.39 is 0 Å². The van der Waals surface area contributed by atoms with Gasteiger partial charge in [0, 0.05) is 10.9 Å². The lowest BCUT2D eigenvalue weighted by atomic mass is 9.74. The SMILES string of the molecule is CNC(CC1Cc2ccccc21)c1sccc1Cl. The predicted molar refractivity (Wildman–Crippen MR) is 78.6 cm³/mol. The number of fused-ring (bicyclic) bond motifs is 1. The van der Waals surface area contributed by atoms with Crippen LogP contribution in [0.3, 0.4) is 0 Å². The van der Waals surface area contributed by atoms with Gasteiger partial charge in [0.2, 0.25) is 0 Å². The summed E-state index contributed by atoms with van der Waals surface area (Å²) in [6.45, 7) is 0. The fourth-order valence-electron chi connectivity index (χ4n) is 2.77. The van der Waals surface area contributed by atoms with Crippen molar-refractivity contribution in [3.05, 3.63) is 56.7 Å². The Morgan fingerprint density at radius 2 is 2.22 bits per heavy atom. The Hall–Kier alpha value is -0.830. The average Bonchev–Trinajstić information content (AvgIpc) is 2.77. The molecule has 1 aliphatic carbocycles. The Morgan fingerprint density at radius 3 is 2.89 bits per heavy atom. The molecule has 1 N–H and O–H groups in total. The summed E-state index contributed by atoms with van der Waals surface area (Å²) in [4.78, 5) is 1.27. The van der Waals surface area contributed by atoms with Crippen LogP contribution in [-0.2, 0) is 6.42 Å². The summed E-state index contributed by atoms with van der Waals surface area (Å²) in [5.74, 6) is 0.678. The van der Waals surface area contributed by atoms with Crippen LogP contribution in [0.2, 0.25) is 5.02 Å². The van der Waals surface area contributed by atoms with Crippen molar-refractivity contribution in [3.63, 3.8) is 0 Å². The van der Waals surface area contributed by atoms with Crippen LogP contribution in [0.5, 0.6) is 0 Å². The summed E-state index contributed by atoms with van der Waals surface area (Å²) < 4.78 is 0. The van der Waals surface area contributed by atoms with E-state index in [0.29, 0.717) is 12.0 Å². The first-order valence-corrected chi connectivity index (χ1v) is 7.53. The fourth-order valence-corrected chi connectivity index (χ4v) is 4.08. The molecule has 2 aromatic rings. The van der Waals surface area contributed by atoms with E-state index in [1.54, 1.807) is 11.3 Å².